The summed E-state index contributed by atoms with van der Waals surface area (Å²) in [5.41, 5.74) is 6.48. The number of anilines is 1. The molecule has 1 aromatic carbocycles. The third-order valence-corrected chi connectivity index (χ3v) is 2.98. The lowest BCUT2D eigenvalue weighted by Crippen LogP contribution is -2.09. The number of imidazole rings is 1. The van der Waals surface area contributed by atoms with E-state index in [0.717, 1.165) is 16.8 Å². The first kappa shape index (κ1) is 12.0. The summed E-state index contributed by atoms with van der Waals surface area (Å²) in [6.07, 6.45) is 3.72. The topological polar surface area (TPSA) is 53.1 Å². The van der Waals surface area contributed by atoms with Gasteiger partial charge in [0.1, 0.15) is 18.2 Å². The summed E-state index contributed by atoms with van der Waals surface area (Å²) in [7, 11) is 0. The van der Waals surface area contributed by atoms with Gasteiger partial charge in [-0.05, 0) is 25.1 Å². The molecular weight excluding hydrogens is 282 g/mol. The van der Waals surface area contributed by atoms with Crippen molar-refractivity contribution in [1.29, 1.82) is 0 Å². The molecule has 0 aliphatic rings. The molecule has 2 N–H and O–H groups in total. The highest BCUT2D eigenvalue weighted by molar-refractivity contribution is 9.10. The van der Waals surface area contributed by atoms with E-state index in [1.54, 1.807) is 6.20 Å². The Morgan fingerprint density at radius 1 is 1.47 bits per heavy atom. The molecule has 4 nitrogen and oxygen atoms in total. The number of hydrogen-bond acceptors (Lipinski definition) is 3. The molecule has 0 radical (unpaired) electrons. The van der Waals surface area contributed by atoms with Crippen LogP contribution in [0.2, 0.25) is 0 Å². The summed E-state index contributed by atoms with van der Waals surface area (Å²) in [6.45, 7) is 3.30. The number of aryl methyl sites for hydroxylation is 1. The second-order valence-corrected chi connectivity index (χ2v) is 4.61. The molecule has 1 heterocycles. The molecule has 0 saturated carbocycles. The van der Waals surface area contributed by atoms with Gasteiger partial charge in [0.15, 0.2) is 0 Å². The van der Waals surface area contributed by atoms with E-state index in [0.29, 0.717) is 18.0 Å². The molecule has 2 aromatic rings. The minimum absolute atomic E-state index is 0.572. The van der Waals surface area contributed by atoms with Crippen LogP contribution in [0.15, 0.2) is 35.1 Å². The molecule has 0 bridgehead atoms. The summed E-state index contributed by atoms with van der Waals surface area (Å²) in [5, 5.41) is 0. The largest absolute Gasteiger partial charge is 0.490 e. The predicted octanol–water partition coefficient (Wildman–Crippen LogP) is 2.62. The number of rotatable bonds is 4. The van der Waals surface area contributed by atoms with E-state index < -0.39 is 0 Å². The number of nitrogens with zero attached hydrogens (tertiary/aromatic N) is 2. The Morgan fingerprint density at radius 3 is 2.94 bits per heavy atom. The summed E-state index contributed by atoms with van der Waals surface area (Å²) < 4.78 is 8.61. The molecule has 0 unspecified atom stereocenters. The van der Waals surface area contributed by atoms with Gasteiger partial charge in [0.2, 0.25) is 0 Å². The molecule has 0 aliphatic carbocycles. The van der Waals surface area contributed by atoms with Crippen LogP contribution in [0.3, 0.4) is 0 Å². The minimum Gasteiger partial charge on any atom is -0.490 e. The Hall–Kier alpha value is -1.49. The normalized spacial score (nSPS) is 10.5. The third kappa shape index (κ3) is 3.00. The van der Waals surface area contributed by atoms with Crippen molar-refractivity contribution in [2.24, 2.45) is 0 Å². The SMILES string of the molecule is Cc1nccn1CCOc1ccc(Br)cc1N. The van der Waals surface area contributed by atoms with Crippen molar-refractivity contribution in [1.82, 2.24) is 9.55 Å². The quantitative estimate of drug-likeness (QED) is 0.882. The van der Waals surface area contributed by atoms with Crippen molar-refractivity contribution in [3.8, 4) is 5.75 Å². The van der Waals surface area contributed by atoms with E-state index in [1.165, 1.54) is 0 Å². The van der Waals surface area contributed by atoms with Crippen LogP contribution in [-0.2, 0) is 6.54 Å². The van der Waals surface area contributed by atoms with Crippen molar-refractivity contribution in [2.75, 3.05) is 12.3 Å². The van der Waals surface area contributed by atoms with Gasteiger partial charge in [-0.2, -0.15) is 0 Å². The van der Waals surface area contributed by atoms with Crippen LogP contribution in [0.1, 0.15) is 5.82 Å². The fraction of sp³-hybridized carbons (Fsp3) is 0.250. The van der Waals surface area contributed by atoms with Crippen molar-refractivity contribution >= 4 is 21.6 Å². The van der Waals surface area contributed by atoms with Gasteiger partial charge in [-0.25, -0.2) is 4.98 Å². The second kappa shape index (κ2) is 5.23. The smallest absolute Gasteiger partial charge is 0.142 e. The third-order valence-electron chi connectivity index (χ3n) is 2.49. The second-order valence-electron chi connectivity index (χ2n) is 3.70. The number of nitrogens with two attached hydrogens (primary N) is 1. The lowest BCUT2D eigenvalue weighted by Gasteiger charge is -2.10. The number of nitrogen functional groups attached to an aromatic ring is 1. The maximum atomic E-state index is 5.84. The number of aromatic nitrogens is 2. The average Bonchev–Trinajstić information content (AvgIpc) is 2.68. The van der Waals surface area contributed by atoms with Crippen molar-refractivity contribution in [2.45, 2.75) is 13.5 Å². The van der Waals surface area contributed by atoms with E-state index >= 15 is 0 Å². The lowest BCUT2D eigenvalue weighted by atomic mass is 10.3. The first-order valence-electron chi connectivity index (χ1n) is 5.32. The van der Waals surface area contributed by atoms with Crippen LogP contribution in [-0.4, -0.2) is 16.2 Å². The van der Waals surface area contributed by atoms with E-state index in [9.17, 15) is 0 Å². The van der Waals surface area contributed by atoms with Gasteiger partial charge in [0, 0.05) is 16.9 Å². The number of hydrogen-bond donors (Lipinski definition) is 1. The maximum absolute atomic E-state index is 5.84. The molecule has 0 spiro atoms. The minimum atomic E-state index is 0.572. The van der Waals surface area contributed by atoms with Crippen molar-refractivity contribution in [3.63, 3.8) is 0 Å². The zero-order chi connectivity index (χ0) is 12.3. The summed E-state index contributed by atoms with van der Waals surface area (Å²) in [5.74, 6) is 1.70. The highest BCUT2D eigenvalue weighted by Crippen LogP contribution is 2.25. The molecule has 17 heavy (non-hydrogen) atoms. The Kier molecular flexibility index (Phi) is 3.68. The molecule has 5 heteroatoms. The highest BCUT2D eigenvalue weighted by Gasteiger charge is 2.01. The zero-order valence-corrected chi connectivity index (χ0v) is 11.1. The van der Waals surface area contributed by atoms with Gasteiger partial charge in [-0.1, -0.05) is 15.9 Å². The zero-order valence-electron chi connectivity index (χ0n) is 9.56. The summed E-state index contributed by atoms with van der Waals surface area (Å²) in [6, 6.07) is 5.60. The summed E-state index contributed by atoms with van der Waals surface area (Å²) >= 11 is 3.36. The standard InChI is InChI=1S/C12H14BrN3O/c1-9-15-4-5-16(9)6-7-17-12-3-2-10(13)8-11(12)14/h2-5,8H,6-7,14H2,1H3. The van der Waals surface area contributed by atoms with Crippen LogP contribution < -0.4 is 10.5 Å². The molecule has 0 aliphatic heterocycles. The Bertz CT molecular complexity index is 510. The monoisotopic (exact) mass is 295 g/mol. The lowest BCUT2D eigenvalue weighted by molar-refractivity contribution is 0.298. The Labute approximate surface area is 109 Å². The van der Waals surface area contributed by atoms with Gasteiger partial charge < -0.3 is 15.0 Å². The van der Waals surface area contributed by atoms with Gasteiger partial charge in [-0.15, -0.1) is 0 Å². The highest BCUT2D eigenvalue weighted by atomic mass is 79.9. The molecule has 0 fully saturated rings. The maximum Gasteiger partial charge on any atom is 0.142 e. The first-order chi connectivity index (χ1) is 8.16. The molecule has 0 saturated heterocycles. The average molecular weight is 296 g/mol. The van der Waals surface area contributed by atoms with Gasteiger partial charge in [0.05, 0.1) is 12.2 Å². The van der Waals surface area contributed by atoms with Crippen LogP contribution in [0.5, 0.6) is 5.75 Å². The van der Waals surface area contributed by atoms with E-state index in [-0.39, 0.29) is 0 Å². The molecule has 0 amide bonds. The molecule has 1 aromatic heterocycles. The number of benzene rings is 1. The van der Waals surface area contributed by atoms with E-state index in [1.807, 2.05) is 35.9 Å². The van der Waals surface area contributed by atoms with Gasteiger partial charge >= 0.3 is 0 Å². The summed E-state index contributed by atoms with van der Waals surface area (Å²) in [4.78, 5) is 4.15. The molecule has 0 atom stereocenters. The number of halogens is 1. The predicted molar refractivity (Wildman–Crippen MR) is 71.0 cm³/mol. The van der Waals surface area contributed by atoms with E-state index in [4.69, 9.17) is 10.5 Å². The van der Waals surface area contributed by atoms with Crippen LogP contribution in [0.4, 0.5) is 5.69 Å². The van der Waals surface area contributed by atoms with Crippen LogP contribution in [0, 0.1) is 6.92 Å². The Balaban J connectivity index is 1.92. The fourth-order valence-corrected chi connectivity index (χ4v) is 1.92. The number of ether oxygens (including phenoxy) is 1. The van der Waals surface area contributed by atoms with Gasteiger partial charge in [-0.3, -0.25) is 0 Å². The first-order valence-corrected chi connectivity index (χ1v) is 6.11. The van der Waals surface area contributed by atoms with Crippen molar-refractivity contribution < 1.29 is 4.74 Å². The van der Waals surface area contributed by atoms with Crippen LogP contribution >= 0.6 is 15.9 Å². The van der Waals surface area contributed by atoms with Gasteiger partial charge in [0.25, 0.3) is 0 Å². The van der Waals surface area contributed by atoms with E-state index in [2.05, 4.69) is 20.9 Å². The van der Waals surface area contributed by atoms with Crippen LogP contribution in [0.25, 0.3) is 0 Å². The Morgan fingerprint density at radius 2 is 2.29 bits per heavy atom. The molecular formula is C12H14BrN3O. The van der Waals surface area contributed by atoms with Crippen molar-refractivity contribution in [3.05, 3.63) is 40.9 Å². The molecule has 90 valence electrons. The fourth-order valence-electron chi connectivity index (χ4n) is 1.54. The molecule has 2 rings (SSSR count).